The van der Waals surface area contributed by atoms with Crippen molar-refractivity contribution in [1.29, 1.82) is 0 Å². The molecule has 96 valence electrons. The maximum absolute atomic E-state index is 11.0. The summed E-state index contributed by atoms with van der Waals surface area (Å²) in [7, 11) is 0. The highest BCUT2D eigenvalue weighted by Gasteiger charge is 2.08. The number of carboxylic acid groups (broad SMARTS) is 1. The van der Waals surface area contributed by atoms with E-state index < -0.39 is 11.9 Å². The van der Waals surface area contributed by atoms with E-state index in [9.17, 15) is 9.59 Å². The van der Waals surface area contributed by atoms with Crippen LogP contribution in [0.4, 0.5) is 0 Å². The molecule has 0 aromatic heterocycles. The SMILES string of the molecule is CCCc1cccc(/C=C(/NC(C)=O)C(=O)O)c1. The molecule has 0 aliphatic rings. The molecule has 18 heavy (non-hydrogen) atoms. The first-order chi connectivity index (χ1) is 8.52. The van der Waals surface area contributed by atoms with Gasteiger partial charge in [-0.15, -0.1) is 0 Å². The largest absolute Gasteiger partial charge is 0.477 e. The normalized spacial score (nSPS) is 11.1. The predicted octanol–water partition coefficient (Wildman–Crippen LogP) is 2.20. The second-order valence-electron chi connectivity index (χ2n) is 4.04. The zero-order chi connectivity index (χ0) is 13.5. The van der Waals surface area contributed by atoms with Gasteiger partial charge in [0.15, 0.2) is 0 Å². The molecular formula is C14H17NO3. The zero-order valence-electron chi connectivity index (χ0n) is 10.6. The number of aryl methyl sites for hydroxylation is 1. The minimum atomic E-state index is -1.15. The van der Waals surface area contributed by atoms with E-state index in [4.69, 9.17) is 5.11 Å². The van der Waals surface area contributed by atoms with Gasteiger partial charge in [0.2, 0.25) is 5.91 Å². The molecule has 0 aliphatic heterocycles. The van der Waals surface area contributed by atoms with E-state index in [-0.39, 0.29) is 5.70 Å². The minimum absolute atomic E-state index is 0.115. The highest BCUT2D eigenvalue weighted by molar-refractivity contribution is 5.96. The van der Waals surface area contributed by atoms with Gasteiger partial charge in [-0.05, 0) is 23.6 Å². The van der Waals surface area contributed by atoms with Gasteiger partial charge in [0, 0.05) is 6.92 Å². The minimum Gasteiger partial charge on any atom is -0.477 e. The Morgan fingerprint density at radius 1 is 1.39 bits per heavy atom. The van der Waals surface area contributed by atoms with E-state index in [1.165, 1.54) is 13.0 Å². The molecule has 0 atom stereocenters. The van der Waals surface area contributed by atoms with E-state index in [2.05, 4.69) is 12.2 Å². The Bertz CT molecular complexity index is 478. The summed E-state index contributed by atoms with van der Waals surface area (Å²) >= 11 is 0. The van der Waals surface area contributed by atoms with Crippen LogP contribution in [0.15, 0.2) is 30.0 Å². The third-order valence-electron chi connectivity index (χ3n) is 2.34. The summed E-state index contributed by atoms with van der Waals surface area (Å²) in [6, 6.07) is 7.61. The Labute approximate surface area is 106 Å². The molecule has 0 radical (unpaired) electrons. The predicted molar refractivity (Wildman–Crippen MR) is 69.9 cm³/mol. The summed E-state index contributed by atoms with van der Waals surface area (Å²) in [5.41, 5.74) is 1.81. The van der Waals surface area contributed by atoms with Gasteiger partial charge < -0.3 is 10.4 Å². The van der Waals surface area contributed by atoms with E-state index in [0.717, 1.165) is 24.0 Å². The van der Waals surface area contributed by atoms with Crippen molar-refractivity contribution in [3.63, 3.8) is 0 Å². The van der Waals surface area contributed by atoms with Crippen molar-refractivity contribution >= 4 is 18.0 Å². The zero-order valence-corrected chi connectivity index (χ0v) is 10.6. The number of carbonyl (C=O) groups excluding carboxylic acids is 1. The highest BCUT2D eigenvalue weighted by atomic mass is 16.4. The van der Waals surface area contributed by atoms with Gasteiger partial charge in [-0.3, -0.25) is 4.79 Å². The third kappa shape index (κ3) is 4.41. The summed E-state index contributed by atoms with van der Waals surface area (Å²) in [5, 5.41) is 11.3. The van der Waals surface area contributed by atoms with Crippen molar-refractivity contribution in [3.05, 3.63) is 41.1 Å². The van der Waals surface area contributed by atoms with Crippen LogP contribution in [0.3, 0.4) is 0 Å². The first-order valence-electron chi connectivity index (χ1n) is 5.84. The van der Waals surface area contributed by atoms with E-state index in [1.807, 2.05) is 24.3 Å². The van der Waals surface area contributed by atoms with Crippen LogP contribution in [-0.2, 0) is 16.0 Å². The molecule has 0 spiro atoms. The van der Waals surface area contributed by atoms with Gasteiger partial charge in [0.1, 0.15) is 5.70 Å². The van der Waals surface area contributed by atoms with Crippen molar-refractivity contribution in [1.82, 2.24) is 5.32 Å². The van der Waals surface area contributed by atoms with Gasteiger partial charge in [0.05, 0.1) is 0 Å². The lowest BCUT2D eigenvalue weighted by molar-refractivity contribution is -0.134. The van der Waals surface area contributed by atoms with Crippen LogP contribution in [-0.4, -0.2) is 17.0 Å². The number of carboxylic acids is 1. The number of amides is 1. The molecular weight excluding hydrogens is 230 g/mol. The number of benzene rings is 1. The fourth-order valence-electron chi connectivity index (χ4n) is 1.63. The van der Waals surface area contributed by atoms with Gasteiger partial charge >= 0.3 is 5.97 Å². The van der Waals surface area contributed by atoms with Crippen LogP contribution in [0.5, 0.6) is 0 Å². The third-order valence-corrected chi connectivity index (χ3v) is 2.34. The lowest BCUT2D eigenvalue weighted by atomic mass is 10.1. The molecule has 0 unspecified atom stereocenters. The van der Waals surface area contributed by atoms with Crippen molar-refractivity contribution < 1.29 is 14.7 Å². The molecule has 1 rings (SSSR count). The van der Waals surface area contributed by atoms with Gasteiger partial charge in [-0.1, -0.05) is 37.6 Å². The summed E-state index contributed by atoms with van der Waals surface area (Å²) in [6.07, 6.45) is 3.44. The van der Waals surface area contributed by atoms with E-state index in [0.29, 0.717) is 0 Å². The molecule has 2 N–H and O–H groups in total. The molecule has 1 aromatic carbocycles. The van der Waals surface area contributed by atoms with Crippen molar-refractivity contribution in [2.24, 2.45) is 0 Å². The molecule has 4 nitrogen and oxygen atoms in total. The molecule has 0 fully saturated rings. The Kier molecular flexibility index (Phi) is 5.11. The van der Waals surface area contributed by atoms with Crippen LogP contribution in [0, 0.1) is 0 Å². The van der Waals surface area contributed by atoms with Crippen LogP contribution in [0.25, 0.3) is 6.08 Å². The van der Waals surface area contributed by atoms with Gasteiger partial charge in [-0.25, -0.2) is 4.79 Å². The maximum atomic E-state index is 11.0. The summed E-state index contributed by atoms with van der Waals surface area (Å²) in [5.74, 6) is -1.54. The fraction of sp³-hybridized carbons (Fsp3) is 0.286. The number of hydrogen-bond acceptors (Lipinski definition) is 2. The Balaban J connectivity index is 2.99. The fourth-order valence-corrected chi connectivity index (χ4v) is 1.63. The molecule has 0 aliphatic carbocycles. The summed E-state index contributed by atoms with van der Waals surface area (Å²) < 4.78 is 0. The molecule has 1 amide bonds. The first kappa shape index (κ1) is 14.0. The average molecular weight is 247 g/mol. The quantitative estimate of drug-likeness (QED) is 0.784. The smallest absolute Gasteiger partial charge is 0.352 e. The Morgan fingerprint density at radius 2 is 2.11 bits per heavy atom. The summed E-state index contributed by atoms with van der Waals surface area (Å²) in [4.78, 5) is 21.9. The first-order valence-corrected chi connectivity index (χ1v) is 5.84. The topological polar surface area (TPSA) is 66.4 Å². The lowest BCUT2D eigenvalue weighted by Gasteiger charge is -2.04. The number of rotatable bonds is 5. The second-order valence-corrected chi connectivity index (χ2v) is 4.04. The summed E-state index contributed by atoms with van der Waals surface area (Å²) in [6.45, 7) is 3.37. The Hall–Kier alpha value is -2.10. The maximum Gasteiger partial charge on any atom is 0.352 e. The second kappa shape index (κ2) is 6.59. The number of hydrogen-bond donors (Lipinski definition) is 2. The average Bonchev–Trinajstić information content (AvgIpc) is 2.28. The Morgan fingerprint density at radius 3 is 2.67 bits per heavy atom. The van der Waals surface area contributed by atoms with E-state index >= 15 is 0 Å². The molecule has 0 saturated carbocycles. The molecule has 4 heteroatoms. The molecule has 1 aromatic rings. The lowest BCUT2D eigenvalue weighted by Crippen LogP contribution is -2.24. The highest BCUT2D eigenvalue weighted by Crippen LogP contribution is 2.11. The van der Waals surface area contributed by atoms with Crippen molar-refractivity contribution in [2.75, 3.05) is 0 Å². The number of nitrogens with one attached hydrogen (secondary N) is 1. The molecule has 0 heterocycles. The van der Waals surface area contributed by atoms with E-state index in [1.54, 1.807) is 0 Å². The molecule has 0 bridgehead atoms. The van der Waals surface area contributed by atoms with Crippen LogP contribution in [0.2, 0.25) is 0 Å². The standard InChI is InChI=1S/C14H17NO3/c1-3-5-11-6-4-7-12(8-11)9-13(14(17)18)15-10(2)16/h4,6-9H,3,5H2,1-2H3,(H,15,16)(H,17,18)/b13-9+. The number of carbonyl (C=O) groups is 2. The monoisotopic (exact) mass is 247 g/mol. The van der Waals surface area contributed by atoms with Crippen molar-refractivity contribution in [3.8, 4) is 0 Å². The van der Waals surface area contributed by atoms with Gasteiger partial charge in [-0.2, -0.15) is 0 Å². The number of aliphatic carboxylic acids is 1. The van der Waals surface area contributed by atoms with Crippen LogP contribution >= 0.6 is 0 Å². The van der Waals surface area contributed by atoms with Crippen LogP contribution < -0.4 is 5.32 Å². The van der Waals surface area contributed by atoms with Crippen molar-refractivity contribution in [2.45, 2.75) is 26.7 Å². The van der Waals surface area contributed by atoms with Crippen LogP contribution in [0.1, 0.15) is 31.4 Å². The molecule has 0 saturated heterocycles. The van der Waals surface area contributed by atoms with Gasteiger partial charge in [0.25, 0.3) is 0 Å².